The molecule has 0 aromatic heterocycles. The molecule has 6 rings (SSSR count). The van der Waals surface area contributed by atoms with Crippen molar-refractivity contribution in [2.45, 2.75) is 28.5 Å². The van der Waals surface area contributed by atoms with Crippen molar-refractivity contribution in [3.63, 3.8) is 0 Å². The SMILES string of the molecule is O=C1[C@H]2[C@H](CC=C3[C@H]2C[C@@]2(Cl)C(=O)N(CBr)C(=O)[C@@]2(Cl)[C@H]3c2cc(Br)ccc2O)C(=O)N1c1ccccc1. The number of amides is 4. The number of hydrogen-bond acceptors (Lipinski definition) is 5. The average molecular weight is 683 g/mol. The number of imide groups is 2. The molecule has 2 aromatic carbocycles. The second-order valence-electron chi connectivity index (χ2n) is 10.0. The molecule has 2 aromatic rings. The molecular formula is C27H20Br2Cl2N2O5. The monoisotopic (exact) mass is 680 g/mol. The zero-order valence-electron chi connectivity index (χ0n) is 19.6. The third-order valence-corrected chi connectivity index (χ3v) is 10.7. The van der Waals surface area contributed by atoms with Gasteiger partial charge in [0.15, 0.2) is 9.75 Å². The van der Waals surface area contributed by atoms with Crippen LogP contribution in [0.3, 0.4) is 0 Å². The molecule has 0 radical (unpaired) electrons. The van der Waals surface area contributed by atoms with Crippen LogP contribution in [0.5, 0.6) is 5.75 Å². The molecule has 4 aliphatic rings. The Labute approximate surface area is 245 Å². The van der Waals surface area contributed by atoms with E-state index in [1.165, 1.54) is 11.0 Å². The number of halogens is 4. The zero-order chi connectivity index (χ0) is 27.1. The average Bonchev–Trinajstić information content (AvgIpc) is 3.24. The summed E-state index contributed by atoms with van der Waals surface area (Å²) in [4.78, 5) is 53.1. The lowest BCUT2D eigenvalue weighted by Gasteiger charge is -2.50. The number of phenolic OH excluding ortho intramolecular Hbond substituents is 1. The van der Waals surface area contributed by atoms with Crippen LogP contribution in [0.25, 0.3) is 0 Å². The van der Waals surface area contributed by atoms with Crippen molar-refractivity contribution >= 4 is 84.4 Å². The maximum atomic E-state index is 13.9. The molecule has 2 aliphatic carbocycles. The second kappa shape index (κ2) is 8.91. The predicted molar refractivity (Wildman–Crippen MR) is 148 cm³/mol. The number of fused-ring (bicyclic) bond motifs is 4. The van der Waals surface area contributed by atoms with Crippen molar-refractivity contribution < 1.29 is 24.3 Å². The summed E-state index contributed by atoms with van der Waals surface area (Å²) >= 11 is 21.0. The van der Waals surface area contributed by atoms with E-state index in [2.05, 4.69) is 31.9 Å². The minimum atomic E-state index is -1.96. The molecule has 0 unspecified atom stereocenters. The van der Waals surface area contributed by atoms with Gasteiger partial charge in [0.25, 0.3) is 11.8 Å². The summed E-state index contributed by atoms with van der Waals surface area (Å²) in [6.07, 6.45) is 1.99. The van der Waals surface area contributed by atoms with Gasteiger partial charge in [-0.15, -0.1) is 23.2 Å². The van der Waals surface area contributed by atoms with Gasteiger partial charge in [0.2, 0.25) is 11.8 Å². The van der Waals surface area contributed by atoms with Gasteiger partial charge in [-0.3, -0.25) is 29.0 Å². The van der Waals surface area contributed by atoms with Crippen LogP contribution in [0.15, 0.2) is 64.7 Å². The van der Waals surface area contributed by atoms with E-state index in [0.29, 0.717) is 21.3 Å². The van der Waals surface area contributed by atoms with E-state index < -0.39 is 45.2 Å². The van der Waals surface area contributed by atoms with Crippen LogP contribution in [-0.4, -0.2) is 48.8 Å². The van der Waals surface area contributed by atoms with E-state index in [-0.39, 0.29) is 35.9 Å². The first-order valence-corrected chi connectivity index (χ1v) is 14.6. The fraction of sp³-hybridized carbons (Fsp3) is 0.333. The van der Waals surface area contributed by atoms with E-state index >= 15 is 0 Å². The van der Waals surface area contributed by atoms with Gasteiger partial charge in [0.05, 0.1) is 23.0 Å². The van der Waals surface area contributed by atoms with Crippen molar-refractivity contribution in [2.75, 3.05) is 10.4 Å². The Bertz CT molecular complexity index is 1450. The largest absolute Gasteiger partial charge is 0.508 e. The molecule has 1 N–H and O–H groups in total. The number of carbonyl (C=O) groups excluding carboxylic acids is 4. The van der Waals surface area contributed by atoms with Gasteiger partial charge in [-0.1, -0.05) is 61.7 Å². The number of benzene rings is 2. The van der Waals surface area contributed by atoms with Gasteiger partial charge in [-0.25, -0.2) is 0 Å². The molecule has 38 heavy (non-hydrogen) atoms. The number of aromatic hydroxyl groups is 1. The lowest BCUT2D eigenvalue weighted by atomic mass is 9.56. The first-order valence-electron chi connectivity index (χ1n) is 12.0. The van der Waals surface area contributed by atoms with Gasteiger partial charge < -0.3 is 5.11 Å². The Balaban J connectivity index is 1.55. The normalized spacial score (nSPS) is 34.3. The van der Waals surface area contributed by atoms with E-state index in [0.717, 1.165) is 4.90 Å². The topological polar surface area (TPSA) is 95.0 Å². The van der Waals surface area contributed by atoms with Crippen molar-refractivity contribution in [3.05, 3.63) is 70.2 Å². The highest BCUT2D eigenvalue weighted by Crippen LogP contribution is 2.66. The Kier molecular flexibility index (Phi) is 6.11. The van der Waals surface area contributed by atoms with Crippen molar-refractivity contribution in [1.29, 1.82) is 0 Å². The molecule has 4 amide bonds. The fourth-order valence-corrected chi connectivity index (χ4v) is 8.48. The number of anilines is 1. The molecular weight excluding hydrogens is 663 g/mol. The Morgan fingerprint density at radius 2 is 1.68 bits per heavy atom. The number of likely N-dealkylation sites (tertiary alicyclic amines) is 1. The number of para-hydroxylation sites is 1. The summed E-state index contributed by atoms with van der Waals surface area (Å²) in [5, 5.41) is 10.9. The second-order valence-corrected chi connectivity index (χ2v) is 12.7. The first-order chi connectivity index (χ1) is 18.1. The molecule has 196 valence electrons. The lowest BCUT2D eigenvalue weighted by molar-refractivity contribution is -0.138. The predicted octanol–water partition coefficient (Wildman–Crippen LogP) is 5.07. The highest BCUT2D eigenvalue weighted by atomic mass is 79.9. The Hall–Kier alpha value is -2.20. The number of carbonyl (C=O) groups is 4. The van der Waals surface area contributed by atoms with Gasteiger partial charge in [-0.2, -0.15) is 0 Å². The van der Waals surface area contributed by atoms with Crippen LogP contribution in [0, 0.1) is 17.8 Å². The molecule has 0 bridgehead atoms. The highest BCUT2D eigenvalue weighted by molar-refractivity contribution is 9.10. The van der Waals surface area contributed by atoms with Crippen LogP contribution in [0.1, 0.15) is 24.3 Å². The zero-order valence-corrected chi connectivity index (χ0v) is 24.3. The molecule has 7 nitrogen and oxygen atoms in total. The maximum Gasteiger partial charge on any atom is 0.254 e. The van der Waals surface area contributed by atoms with Crippen LogP contribution in [0.4, 0.5) is 5.69 Å². The number of allylic oxidation sites excluding steroid dienone is 2. The van der Waals surface area contributed by atoms with E-state index in [1.54, 1.807) is 42.5 Å². The summed E-state index contributed by atoms with van der Waals surface area (Å²) in [7, 11) is 0. The van der Waals surface area contributed by atoms with Crippen LogP contribution >= 0.6 is 55.1 Å². The quantitative estimate of drug-likeness (QED) is 0.211. The van der Waals surface area contributed by atoms with Crippen LogP contribution in [0.2, 0.25) is 0 Å². The van der Waals surface area contributed by atoms with Crippen LogP contribution in [-0.2, 0) is 19.2 Å². The van der Waals surface area contributed by atoms with Gasteiger partial charge in [-0.05, 0) is 49.1 Å². The fourth-order valence-electron chi connectivity index (χ4n) is 6.69. The van der Waals surface area contributed by atoms with Crippen molar-refractivity contribution in [3.8, 4) is 5.75 Å². The third kappa shape index (κ3) is 3.25. The van der Waals surface area contributed by atoms with E-state index in [1.807, 2.05) is 6.08 Å². The van der Waals surface area contributed by atoms with E-state index in [9.17, 15) is 24.3 Å². The molecule has 6 atom stereocenters. The number of rotatable bonds is 3. The Morgan fingerprint density at radius 3 is 2.37 bits per heavy atom. The standard InChI is InChI=1S/C27H20Br2Cl2N2O5/c28-12-32-24(37)26(30)11-18-15(21(27(26,31)25(32)38)17-10-13(29)6-9-19(17)34)7-8-16-20(18)23(36)33(22(16)35)14-4-2-1-3-5-14/h1-7,9-10,16,18,20-21,34H,8,11-12H2/t16-,18+,20-,21+,26+,27-/m0/s1. The lowest BCUT2D eigenvalue weighted by Crippen LogP contribution is -2.60. The number of nitrogens with zero attached hydrogens (tertiary/aromatic N) is 2. The third-order valence-electron chi connectivity index (χ3n) is 8.33. The van der Waals surface area contributed by atoms with Gasteiger partial charge >= 0.3 is 0 Å². The summed E-state index contributed by atoms with van der Waals surface area (Å²) in [6.45, 7) is 0. The van der Waals surface area contributed by atoms with Gasteiger partial charge in [0, 0.05) is 16.0 Å². The molecule has 1 saturated carbocycles. The summed E-state index contributed by atoms with van der Waals surface area (Å²) < 4.78 is 0.624. The minimum absolute atomic E-state index is 0.105. The van der Waals surface area contributed by atoms with Crippen molar-refractivity contribution in [1.82, 2.24) is 4.90 Å². The molecule has 0 spiro atoms. The summed E-state index contributed by atoms with van der Waals surface area (Å²) in [5.74, 6) is -5.28. The molecule has 11 heteroatoms. The summed E-state index contributed by atoms with van der Waals surface area (Å²) in [6, 6.07) is 13.5. The Morgan fingerprint density at radius 1 is 0.974 bits per heavy atom. The molecule has 2 aliphatic heterocycles. The summed E-state index contributed by atoms with van der Waals surface area (Å²) in [5.41, 5.74) is 1.29. The van der Waals surface area contributed by atoms with Crippen LogP contribution < -0.4 is 4.90 Å². The molecule has 3 fully saturated rings. The van der Waals surface area contributed by atoms with Gasteiger partial charge in [0.1, 0.15) is 5.75 Å². The molecule has 2 saturated heterocycles. The maximum absolute atomic E-state index is 13.9. The number of phenols is 1. The number of alkyl halides is 3. The smallest absolute Gasteiger partial charge is 0.254 e. The minimum Gasteiger partial charge on any atom is -0.508 e. The highest BCUT2D eigenvalue weighted by Gasteiger charge is 2.76. The van der Waals surface area contributed by atoms with Crippen molar-refractivity contribution in [2.24, 2.45) is 17.8 Å². The van der Waals surface area contributed by atoms with E-state index in [4.69, 9.17) is 23.2 Å². The number of hydrogen-bond donors (Lipinski definition) is 1. The molecule has 2 heterocycles. The first kappa shape index (κ1) is 26.0.